The van der Waals surface area contributed by atoms with Gasteiger partial charge >= 0.3 is 0 Å². The Morgan fingerprint density at radius 2 is 1.73 bits per heavy atom. The Balaban J connectivity index is 1.75. The predicted molar refractivity (Wildman–Crippen MR) is 108 cm³/mol. The summed E-state index contributed by atoms with van der Waals surface area (Å²) in [6.45, 7) is 6.87. The topological polar surface area (TPSA) is 29.5 Å². The van der Waals surface area contributed by atoms with E-state index in [1.807, 2.05) is 12.1 Å². The molecule has 0 spiro atoms. The first kappa shape index (κ1) is 19.0. The molecule has 140 valence electrons. The second-order valence-corrected chi connectivity index (χ2v) is 8.80. The molecule has 2 aromatic rings. The van der Waals surface area contributed by atoms with Crippen molar-refractivity contribution >= 4 is 0 Å². The van der Waals surface area contributed by atoms with Crippen LogP contribution in [-0.4, -0.2) is 18.3 Å². The van der Waals surface area contributed by atoms with Crippen molar-refractivity contribution < 1.29 is 9.84 Å². The van der Waals surface area contributed by atoms with E-state index in [4.69, 9.17) is 4.74 Å². The molecule has 0 aliphatic heterocycles. The molecule has 2 aromatic carbocycles. The molecule has 1 aliphatic rings. The maximum atomic E-state index is 11.1. The van der Waals surface area contributed by atoms with Crippen LogP contribution in [0.5, 0.6) is 5.75 Å². The van der Waals surface area contributed by atoms with Gasteiger partial charge in [0, 0.05) is 0 Å². The van der Waals surface area contributed by atoms with Crippen molar-refractivity contribution in [3.63, 3.8) is 0 Å². The van der Waals surface area contributed by atoms with Gasteiger partial charge in [0.15, 0.2) is 0 Å². The minimum atomic E-state index is -0.279. The number of aliphatic hydroxyl groups is 1. The van der Waals surface area contributed by atoms with Crippen molar-refractivity contribution in [1.82, 2.24) is 0 Å². The number of ether oxygens (including phenoxy) is 1. The smallest absolute Gasteiger partial charge is 0.122 e. The van der Waals surface area contributed by atoms with Gasteiger partial charge in [-0.3, -0.25) is 0 Å². The first-order valence-corrected chi connectivity index (χ1v) is 9.71. The minimum absolute atomic E-state index is 0.0214. The number of hydrogen-bond acceptors (Lipinski definition) is 2. The summed E-state index contributed by atoms with van der Waals surface area (Å²) in [4.78, 5) is 0. The van der Waals surface area contributed by atoms with Gasteiger partial charge in [-0.05, 0) is 59.6 Å². The molecule has 1 fully saturated rings. The van der Waals surface area contributed by atoms with Gasteiger partial charge in [-0.1, -0.05) is 69.3 Å². The van der Waals surface area contributed by atoms with E-state index < -0.39 is 0 Å². The molecule has 0 saturated heterocycles. The minimum Gasteiger partial charge on any atom is -0.496 e. The molecule has 3 rings (SSSR count). The van der Waals surface area contributed by atoms with Crippen molar-refractivity contribution in [3.8, 4) is 5.75 Å². The SMILES string of the molecule is COc1ccccc1CC1(C)CCC(C(C)(C)c2ccccc2)C(O)C1. The number of aliphatic hydroxyl groups excluding tert-OH is 1. The number of hydrogen-bond donors (Lipinski definition) is 1. The Morgan fingerprint density at radius 3 is 2.38 bits per heavy atom. The number of methoxy groups -OCH3 is 1. The van der Waals surface area contributed by atoms with E-state index in [2.05, 4.69) is 63.2 Å². The standard InChI is InChI=1S/C24H32O2/c1-23(2,19-11-6-5-7-12-19)20-14-15-24(3,17-21(20)25)16-18-10-8-9-13-22(18)26-4/h5-13,20-21,25H,14-17H2,1-4H3. The summed E-state index contributed by atoms with van der Waals surface area (Å²) in [5, 5.41) is 11.1. The lowest BCUT2D eigenvalue weighted by atomic mass is 9.59. The maximum Gasteiger partial charge on any atom is 0.122 e. The van der Waals surface area contributed by atoms with Gasteiger partial charge in [0.05, 0.1) is 13.2 Å². The molecule has 0 heterocycles. The second-order valence-electron chi connectivity index (χ2n) is 8.80. The molecular weight excluding hydrogens is 320 g/mol. The highest BCUT2D eigenvalue weighted by Crippen LogP contribution is 2.48. The van der Waals surface area contributed by atoms with Crippen molar-refractivity contribution in [2.75, 3.05) is 7.11 Å². The first-order valence-electron chi connectivity index (χ1n) is 9.71. The summed E-state index contributed by atoms with van der Waals surface area (Å²) in [6.07, 6.45) is 3.69. The highest BCUT2D eigenvalue weighted by Gasteiger charge is 2.44. The number of rotatable bonds is 5. The fourth-order valence-electron chi connectivity index (χ4n) is 4.84. The molecule has 1 saturated carbocycles. The Hall–Kier alpha value is -1.80. The van der Waals surface area contributed by atoms with E-state index in [1.54, 1.807) is 7.11 Å². The third kappa shape index (κ3) is 3.81. The maximum absolute atomic E-state index is 11.1. The summed E-state index contributed by atoms with van der Waals surface area (Å²) in [5.74, 6) is 1.24. The van der Waals surface area contributed by atoms with Crippen molar-refractivity contribution in [2.24, 2.45) is 11.3 Å². The van der Waals surface area contributed by atoms with E-state index in [0.29, 0.717) is 0 Å². The highest BCUT2D eigenvalue weighted by molar-refractivity contribution is 5.34. The van der Waals surface area contributed by atoms with E-state index in [9.17, 15) is 5.11 Å². The van der Waals surface area contributed by atoms with Crippen LogP contribution in [-0.2, 0) is 11.8 Å². The molecule has 26 heavy (non-hydrogen) atoms. The molecule has 0 amide bonds. The Morgan fingerprint density at radius 1 is 1.08 bits per heavy atom. The number of para-hydroxylation sites is 1. The van der Waals surface area contributed by atoms with Crippen LogP contribution < -0.4 is 4.74 Å². The van der Waals surface area contributed by atoms with Gasteiger partial charge in [-0.25, -0.2) is 0 Å². The van der Waals surface area contributed by atoms with Crippen LogP contribution in [0.15, 0.2) is 54.6 Å². The van der Waals surface area contributed by atoms with Crippen LogP contribution in [0.1, 0.15) is 51.2 Å². The summed E-state index contributed by atoms with van der Waals surface area (Å²) >= 11 is 0. The zero-order valence-corrected chi connectivity index (χ0v) is 16.5. The lowest BCUT2D eigenvalue weighted by Gasteiger charge is -2.47. The van der Waals surface area contributed by atoms with Crippen molar-refractivity contribution in [3.05, 3.63) is 65.7 Å². The fraction of sp³-hybridized carbons (Fsp3) is 0.500. The van der Waals surface area contributed by atoms with Gasteiger partial charge in [-0.2, -0.15) is 0 Å². The third-order valence-corrected chi connectivity index (χ3v) is 6.48. The van der Waals surface area contributed by atoms with Crippen molar-refractivity contribution in [2.45, 2.75) is 58.0 Å². The predicted octanol–water partition coefficient (Wildman–Crippen LogP) is 5.38. The molecule has 1 N–H and O–H groups in total. The first-order chi connectivity index (χ1) is 12.4. The van der Waals surface area contributed by atoms with Gasteiger partial charge in [0.25, 0.3) is 0 Å². The van der Waals surface area contributed by atoms with Gasteiger partial charge < -0.3 is 9.84 Å². The van der Waals surface area contributed by atoms with Gasteiger partial charge in [0.1, 0.15) is 5.75 Å². The summed E-state index contributed by atoms with van der Waals surface area (Å²) in [7, 11) is 1.73. The van der Waals surface area contributed by atoms with Gasteiger partial charge in [0.2, 0.25) is 0 Å². The van der Waals surface area contributed by atoms with Crippen molar-refractivity contribution in [1.29, 1.82) is 0 Å². The van der Waals surface area contributed by atoms with Crippen LogP contribution in [0.3, 0.4) is 0 Å². The van der Waals surface area contributed by atoms with Crippen LogP contribution in [0, 0.1) is 11.3 Å². The molecule has 0 aromatic heterocycles. The Bertz CT molecular complexity index is 722. The molecule has 2 heteroatoms. The Labute approximate surface area is 158 Å². The summed E-state index contributed by atoms with van der Waals surface area (Å²) in [5.41, 5.74) is 2.65. The average Bonchev–Trinajstić information content (AvgIpc) is 2.62. The van der Waals surface area contributed by atoms with Crippen LogP contribution in [0.2, 0.25) is 0 Å². The summed E-state index contributed by atoms with van der Waals surface area (Å²) in [6, 6.07) is 18.9. The van der Waals surface area contributed by atoms with Crippen LogP contribution >= 0.6 is 0 Å². The van der Waals surface area contributed by atoms with E-state index in [-0.39, 0.29) is 22.9 Å². The zero-order chi connectivity index (χ0) is 18.8. The molecule has 2 nitrogen and oxygen atoms in total. The normalized spacial score (nSPS) is 26.5. The zero-order valence-electron chi connectivity index (χ0n) is 16.5. The molecule has 1 aliphatic carbocycles. The molecule has 0 radical (unpaired) electrons. The van der Waals surface area contributed by atoms with E-state index in [0.717, 1.165) is 31.4 Å². The second kappa shape index (κ2) is 7.44. The largest absolute Gasteiger partial charge is 0.496 e. The lowest BCUT2D eigenvalue weighted by molar-refractivity contribution is -0.0198. The molecule has 3 unspecified atom stereocenters. The summed E-state index contributed by atoms with van der Waals surface area (Å²) < 4.78 is 5.53. The van der Waals surface area contributed by atoms with Crippen LogP contribution in [0.25, 0.3) is 0 Å². The monoisotopic (exact) mass is 352 g/mol. The van der Waals surface area contributed by atoms with Crippen LogP contribution in [0.4, 0.5) is 0 Å². The molecular formula is C24H32O2. The van der Waals surface area contributed by atoms with Gasteiger partial charge in [-0.15, -0.1) is 0 Å². The average molecular weight is 353 g/mol. The van der Waals surface area contributed by atoms with E-state index in [1.165, 1.54) is 11.1 Å². The molecule has 0 bridgehead atoms. The fourth-order valence-corrected chi connectivity index (χ4v) is 4.84. The quantitative estimate of drug-likeness (QED) is 0.782. The lowest BCUT2D eigenvalue weighted by Crippen LogP contribution is -2.45. The highest BCUT2D eigenvalue weighted by atomic mass is 16.5. The third-order valence-electron chi connectivity index (χ3n) is 6.48. The molecule has 3 atom stereocenters. The Kier molecular flexibility index (Phi) is 5.43. The number of benzene rings is 2. The van der Waals surface area contributed by atoms with E-state index >= 15 is 0 Å².